The van der Waals surface area contributed by atoms with Gasteiger partial charge in [0.15, 0.2) is 0 Å². The van der Waals surface area contributed by atoms with E-state index in [0.717, 1.165) is 36.4 Å². The third kappa shape index (κ3) is 3.94. The molecule has 1 unspecified atom stereocenters. The van der Waals surface area contributed by atoms with Crippen molar-refractivity contribution in [1.82, 2.24) is 4.90 Å². The zero-order valence-electron chi connectivity index (χ0n) is 10.3. The smallest absolute Gasteiger partial charge is 0.124 e. The molecule has 1 fully saturated rings. The van der Waals surface area contributed by atoms with Crippen molar-refractivity contribution >= 4 is 27.5 Å². The summed E-state index contributed by atoms with van der Waals surface area (Å²) in [6.07, 6.45) is 3.80. The Morgan fingerprint density at radius 2 is 2.28 bits per heavy atom. The van der Waals surface area contributed by atoms with Crippen molar-refractivity contribution in [3.63, 3.8) is 0 Å². The molecule has 0 spiro atoms. The summed E-state index contributed by atoms with van der Waals surface area (Å²) in [4.78, 5) is 2.43. The third-order valence-electron chi connectivity index (χ3n) is 3.53. The zero-order valence-corrected chi connectivity index (χ0v) is 12.7. The van der Waals surface area contributed by atoms with Gasteiger partial charge < -0.3 is 0 Å². The van der Waals surface area contributed by atoms with Crippen LogP contribution in [0.3, 0.4) is 0 Å². The van der Waals surface area contributed by atoms with E-state index in [4.69, 9.17) is 11.6 Å². The quantitative estimate of drug-likeness (QED) is 0.734. The second kappa shape index (κ2) is 6.88. The van der Waals surface area contributed by atoms with Crippen molar-refractivity contribution in [3.05, 3.63) is 34.6 Å². The number of benzene rings is 1. The predicted molar refractivity (Wildman–Crippen MR) is 77.8 cm³/mol. The number of halogens is 3. The van der Waals surface area contributed by atoms with Crippen LogP contribution in [-0.4, -0.2) is 23.3 Å². The number of hydrogen-bond acceptors (Lipinski definition) is 1. The normalized spacial score (nSPS) is 21.2. The maximum absolute atomic E-state index is 13.0. The van der Waals surface area contributed by atoms with Crippen LogP contribution in [0.25, 0.3) is 0 Å². The molecule has 1 heterocycles. The average molecular weight is 335 g/mol. The largest absolute Gasteiger partial charge is 0.299 e. The van der Waals surface area contributed by atoms with Gasteiger partial charge >= 0.3 is 0 Å². The minimum atomic E-state index is -0.264. The van der Waals surface area contributed by atoms with Crippen LogP contribution in [0.2, 0.25) is 5.02 Å². The second-order valence-electron chi connectivity index (χ2n) is 4.96. The van der Waals surface area contributed by atoms with E-state index in [1.165, 1.54) is 31.4 Å². The Bertz CT molecular complexity index is 397. The van der Waals surface area contributed by atoms with Crippen molar-refractivity contribution in [2.75, 3.05) is 18.4 Å². The molecule has 1 aromatic rings. The van der Waals surface area contributed by atoms with E-state index in [0.29, 0.717) is 5.02 Å². The SMILES string of the molecule is Fc1ccc(CN2CCCC(CCBr)C2)c(Cl)c1. The molecule has 0 radical (unpaired) electrons. The lowest BCUT2D eigenvalue weighted by molar-refractivity contribution is 0.165. The molecule has 1 atom stereocenters. The summed E-state index contributed by atoms with van der Waals surface area (Å²) >= 11 is 9.58. The number of likely N-dealkylation sites (tertiary alicyclic amines) is 1. The summed E-state index contributed by atoms with van der Waals surface area (Å²) in [5, 5.41) is 1.61. The molecule has 2 rings (SSSR count). The van der Waals surface area contributed by atoms with E-state index in [1.807, 2.05) is 0 Å². The highest BCUT2D eigenvalue weighted by Crippen LogP contribution is 2.24. The van der Waals surface area contributed by atoms with E-state index in [2.05, 4.69) is 20.8 Å². The molecular weight excluding hydrogens is 317 g/mol. The third-order valence-corrected chi connectivity index (χ3v) is 4.34. The van der Waals surface area contributed by atoms with Gasteiger partial charge in [-0.25, -0.2) is 4.39 Å². The molecule has 0 aromatic heterocycles. The average Bonchev–Trinajstić information content (AvgIpc) is 2.34. The molecule has 1 aromatic carbocycles. The maximum atomic E-state index is 13.0. The van der Waals surface area contributed by atoms with E-state index < -0.39 is 0 Å². The van der Waals surface area contributed by atoms with Crippen LogP contribution in [0.1, 0.15) is 24.8 Å². The van der Waals surface area contributed by atoms with E-state index in [-0.39, 0.29) is 5.82 Å². The molecule has 4 heteroatoms. The van der Waals surface area contributed by atoms with Crippen LogP contribution in [0.15, 0.2) is 18.2 Å². The van der Waals surface area contributed by atoms with Crippen LogP contribution in [-0.2, 0) is 6.54 Å². The molecule has 0 bridgehead atoms. The number of nitrogens with zero attached hydrogens (tertiary/aromatic N) is 1. The van der Waals surface area contributed by atoms with Gasteiger partial charge in [0.05, 0.1) is 0 Å². The van der Waals surface area contributed by atoms with Crippen LogP contribution in [0.5, 0.6) is 0 Å². The van der Waals surface area contributed by atoms with Crippen molar-refractivity contribution in [3.8, 4) is 0 Å². The molecular formula is C14H18BrClFN. The molecule has 0 N–H and O–H groups in total. The number of hydrogen-bond donors (Lipinski definition) is 0. The van der Waals surface area contributed by atoms with Gasteiger partial charge in [0.25, 0.3) is 0 Å². The maximum Gasteiger partial charge on any atom is 0.124 e. The van der Waals surface area contributed by atoms with Crippen molar-refractivity contribution in [1.29, 1.82) is 0 Å². The fourth-order valence-corrected chi connectivity index (χ4v) is 3.45. The molecule has 0 saturated carbocycles. The van der Waals surface area contributed by atoms with Crippen LogP contribution < -0.4 is 0 Å². The number of alkyl halides is 1. The van der Waals surface area contributed by atoms with Gasteiger partial charge in [-0.05, 0) is 49.4 Å². The highest BCUT2D eigenvalue weighted by Gasteiger charge is 2.19. The van der Waals surface area contributed by atoms with Crippen LogP contribution >= 0.6 is 27.5 Å². The minimum Gasteiger partial charge on any atom is -0.299 e. The van der Waals surface area contributed by atoms with Gasteiger partial charge in [0.1, 0.15) is 5.82 Å². The summed E-state index contributed by atoms with van der Waals surface area (Å²) in [5.74, 6) is 0.511. The molecule has 1 aliphatic heterocycles. The first kappa shape index (κ1) is 14.3. The second-order valence-corrected chi connectivity index (χ2v) is 6.16. The standard InChI is InChI=1S/C14H18BrClFN/c15-6-5-11-2-1-7-18(9-11)10-12-3-4-13(17)8-14(12)16/h3-4,8,11H,1-2,5-7,9-10H2. The van der Waals surface area contributed by atoms with E-state index in [1.54, 1.807) is 6.07 Å². The van der Waals surface area contributed by atoms with Gasteiger partial charge in [0, 0.05) is 23.4 Å². The van der Waals surface area contributed by atoms with E-state index >= 15 is 0 Å². The van der Waals surface area contributed by atoms with Crippen molar-refractivity contribution < 1.29 is 4.39 Å². The summed E-state index contributed by atoms with van der Waals surface area (Å²) in [6.45, 7) is 3.07. The lowest BCUT2D eigenvalue weighted by atomic mass is 9.95. The zero-order chi connectivity index (χ0) is 13.0. The lowest BCUT2D eigenvalue weighted by Crippen LogP contribution is -2.35. The van der Waals surface area contributed by atoms with Crippen LogP contribution in [0, 0.1) is 11.7 Å². The van der Waals surface area contributed by atoms with E-state index in [9.17, 15) is 4.39 Å². The Morgan fingerprint density at radius 1 is 1.44 bits per heavy atom. The summed E-state index contributed by atoms with van der Waals surface area (Å²) in [6, 6.07) is 4.68. The van der Waals surface area contributed by atoms with Gasteiger partial charge in [-0.15, -0.1) is 0 Å². The first-order valence-corrected chi connectivity index (χ1v) is 7.91. The molecule has 18 heavy (non-hydrogen) atoms. The molecule has 1 aliphatic rings. The minimum absolute atomic E-state index is 0.264. The van der Waals surface area contributed by atoms with Gasteiger partial charge in [-0.1, -0.05) is 33.6 Å². The van der Waals surface area contributed by atoms with Gasteiger partial charge in [0.2, 0.25) is 0 Å². The van der Waals surface area contributed by atoms with Crippen LogP contribution in [0.4, 0.5) is 4.39 Å². The Morgan fingerprint density at radius 3 is 3.00 bits per heavy atom. The van der Waals surface area contributed by atoms with Crippen molar-refractivity contribution in [2.24, 2.45) is 5.92 Å². The Labute approximate surface area is 121 Å². The Kier molecular flexibility index (Phi) is 5.46. The first-order valence-electron chi connectivity index (χ1n) is 6.41. The fourth-order valence-electron chi connectivity index (χ4n) is 2.58. The monoisotopic (exact) mass is 333 g/mol. The van der Waals surface area contributed by atoms with Gasteiger partial charge in [-0.2, -0.15) is 0 Å². The Hall–Kier alpha value is -0.120. The van der Waals surface area contributed by atoms with Gasteiger partial charge in [-0.3, -0.25) is 4.90 Å². The first-order chi connectivity index (χ1) is 8.69. The molecule has 1 nitrogen and oxygen atoms in total. The fraction of sp³-hybridized carbons (Fsp3) is 0.571. The predicted octanol–water partition coefficient (Wildman–Crippen LogP) is 4.48. The summed E-state index contributed by atoms with van der Waals surface area (Å²) in [7, 11) is 0. The molecule has 0 aliphatic carbocycles. The molecule has 1 saturated heterocycles. The summed E-state index contributed by atoms with van der Waals surface area (Å²) < 4.78 is 13.0. The summed E-state index contributed by atoms with van der Waals surface area (Å²) in [5.41, 5.74) is 1.03. The number of piperidine rings is 1. The lowest BCUT2D eigenvalue weighted by Gasteiger charge is -2.32. The topological polar surface area (TPSA) is 3.24 Å². The molecule has 100 valence electrons. The highest BCUT2D eigenvalue weighted by atomic mass is 79.9. The molecule has 0 amide bonds. The highest BCUT2D eigenvalue weighted by molar-refractivity contribution is 9.09. The Balaban J connectivity index is 1.96. The number of rotatable bonds is 4. The van der Waals surface area contributed by atoms with Crippen molar-refractivity contribution in [2.45, 2.75) is 25.8 Å².